The van der Waals surface area contributed by atoms with Gasteiger partial charge in [-0.1, -0.05) is 6.07 Å². The minimum atomic E-state index is -0.248. The molecule has 1 saturated carbocycles. The fourth-order valence-corrected chi connectivity index (χ4v) is 6.12. The van der Waals surface area contributed by atoms with E-state index >= 15 is 0 Å². The Balaban J connectivity index is 1.39. The minimum Gasteiger partial charge on any atom is -0.492 e. The Morgan fingerprint density at radius 1 is 1.21 bits per heavy atom. The molecular formula is C30H35N7O2. The van der Waals surface area contributed by atoms with Crippen LogP contribution in [-0.2, 0) is 18.5 Å². The summed E-state index contributed by atoms with van der Waals surface area (Å²) in [7, 11) is 1.87. The second-order valence-corrected chi connectivity index (χ2v) is 11.0. The fraction of sp³-hybridized carbons (Fsp3) is 0.467. The molecule has 1 spiro atoms. The molecule has 0 radical (unpaired) electrons. The van der Waals surface area contributed by atoms with E-state index in [0.29, 0.717) is 31.0 Å². The van der Waals surface area contributed by atoms with Crippen molar-refractivity contribution in [3.05, 3.63) is 70.3 Å². The lowest BCUT2D eigenvalue weighted by atomic mass is 9.80. The lowest BCUT2D eigenvalue weighted by molar-refractivity contribution is 0.0632. The van der Waals surface area contributed by atoms with Gasteiger partial charge in [-0.2, -0.15) is 5.26 Å². The number of anilines is 1. The molecule has 39 heavy (non-hydrogen) atoms. The number of hydrogen-bond acceptors (Lipinski definition) is 7. The van der Waals surface area contributed by atoms with Crippen molar-refractivity contribution in [3.8, 4) is 11.8 Å². The van der Waals surface area contributed by atoms with Gasteiger partial charge in [0, 0.05) is 55.8 Å². The topological polar surface area (TPSA) is 99.3 Å². The third-order valence-corrected chi connectivity index (χ3v) is 8.47. The SMILES string of the molecule is CCOc1cc(C(C)N2CC3(CC3)c3c(CN4CCC4)cc(Cn4ccnc4NC)cc3C2=O)ncc1C#N. The molecule has 1 N–H and O–H groups in total. The van der Waals surface area contributed by atoms with Crippen molar-refractivity contribution in [1.29, 1.82) is 5.26 Å². The molecule has 0 bridgehead atoms. The molecule has 2 fully saturated rings. The molecule has 6 rings (SSSR count). The Morgan fingerprint density at radius 3 is 2.69 bits per heavy atom. The molecule has 1 unspecified atom stereocenters. The number of hydrogen-bond donors (Lipinski definition) is 1. The molecule has 202 valence electrons. The van der Waals surface area contributed by atoms with Gasteiger partial charge in [-0.25, -0.2) is 4.98 Å². The van der Waals surface area contributed by atoms with E-state index in [-0.39, 0.29) is 17.4 Å². The number of rotatable bonds is 9. The lowest BCUT2D eigenvalue weighted by Crippen LogP contribution is -2.46. The number of carbonyl (C=O) groups is 1. The first-order chi connectivity index (χ1) is 19.0. The molecule has 1 saturated heterocycles. The van der Waals surface area contributed by atoms with E-state index in [2.05, 4.69) is 43.0 Å². The van der Waals surface area contributed by atoms with Crippen LogP contribution in [-0.4, -0.2) is 63.5 Å². The molecule has 9 heteroatoms. The first-order valence-corrected chi connectivity index (χ1v) is 13.9. The standard InChI is InChI=1S/C30H35N7O2/c1-4-39-26-14-25(34-16-23(26)15-31)20(2)37-19-30(6-7-30)27-22(18-35-9-5-10-35)12-21(13-24(27)28(37)38)17-36-11-8-33-29(36)32-3/h8,11-14,16,20H,4-7,9-10,17-19H2,1-3H3,(H,32,33). The van der Waals surface area contributed by atoms with Crippen LogP contribution >= 0.6 is 0 Å². The zero-order valence-electron chi connectivity index (χ0n) is 22.9. The Hall–Kier alpha value is -3.90. The Morgan fingerprint density at radius 2 is 2.03 bits per heavy atom. The summed E-state index contributed by atoms with van der Waals surface area (Å²) in [5.41, 5.74) is 5.62. The summed E-state index contributed by atoms with van der Waals surface area (Å²) in [5, 5.41) is 12.6. The van der Waals surface area contributed by atoms with E-state index in [1.807, 2.05) is 38.1 Å². The number of carbonyl (C=O) groups excluding carboxylic acids is 1. The molecule has 9 nitrogen and oxygen atoms in total. The molecule has 4 heterocycles. The van der Waals surface area contributed by atoms with E-state index < -0.39 is 0 Å². The number of likely N-dealkylation sites (tertiary alicyclic amines) is 1. The van der Waals surface area contributed by atoms with Crippen LogP contribution in [0.5, 0.6) is 5.75 Å². The quantitative estimate of drug-likeness (QED) is 0.449. The van der Waals surface area contributed by atoms with Crippen molar-refractivity contribution >= 4 is 11.9 Å². The highest BCUT2D eigenvalue weighted by Gasteiger charge is 2.53. The molecule has 1 amide bonds. The number of amides is 1. The fourth-order valence-electron chi connectivity index (χ4n) is 6.12. The third kappa shape index (κ3) is 4.53. The van der Waals surface area contributed by atoms with Crippen molar-refractivity contribution in [2.75, 3.05) is 38.6 Å². The van der Waals surface area contributed by atoms with E-state index in [1.165, 1.54) is 17.5 Å². The van der Waals surface area contributed by atoms with Crippen LogP contribution in [0.4, 0.5) is 5.95 Å². The average molecular weight is 526 g/mol. The zero-order valence-corrected chi connectivity index (χ0v) is 22.9. The molecule has 1 atom stereocenters. The van der Waals surface area contributed by atoms with Crippen LogP contribution in [0.15, 0.2) is 36.8 Å². The van der Waals surface area contributed by atoms with Crippen molar-refractivity contribution in [2.24, 2.45) is 0 Å². The largest absolute Gasteiger partial charge is 0.492 e. The van der Waals surface area contributed by atoms with Gasteiger partial charge < -0.3 is 19.5 Å². The van der Waals surface area contributed by atoms with Crippen molar-refractivity contribution < 1.29 is 9.53 Å². The van der Waals surface area contributed by atoms with Crippen LogP contribution in [0.1, 0.15) is 77.5 Å². The second-order valence-electron chi connectivity index (χ2n) is 11.0. The van der Waals surface area contributed by atoms with Crippen LogP contribution < -0.4 is 10.1 Å². The number of nitriles is 1. The number of fused-ring (bicyclic) bond motifs is 2. The first kappa shape index (κ1) is 25.4. The predicted molar refractivity (Wildman–Crippen MR) is 148 cm³/mol. The number of ether oxygens (including phenoxy) is 1. The van der Waals surface area contributed by atoms with Crippen LogP contribution in [0.3, 0.4) is 0 Å². The highest BCUT2D eigenvalue weighted by atomic mass is 16.5. The molecule has 3 aliphatic rings. The van der Waals surface area contributed by atoms with Gasteiger partial charge in [0.15, 0.2) is 0 Å². The monoisotopic (exact) mass is 525 g/mol. The summed E-state index contributed by atoms with van der Waals surface area (Å²) >= 11 is 0. The van der Waals surface area contributed by atoms with Gasteiger partial charge in [0.1, 0.15) is 17.4 Å². The highest BCUT2D eigenvalue weighted by Crippen LogP contribution is 2.55. The molecular weight excluding hydrogens is 490 g/mol. The highest BCUT2D eigenvalue weighted by molar-refractivity contribution is 5.99. The van der Waals surface area contributed by atoms with Gasteiger partial charge in [-0.15, -0.1) is 0 Å². The number of nitrogens with one attached hydrogen (secondary N) is 1. The summed E-state index contributed by atoms with van der Waals surface area (Å²) < 4.78 is 7.79. The number of imidazole rings is 1. The van der Waals surface area contributed by atoms with Gasteiger partial charge in [0.05, 0.1) is 24.9 Å². The smallest absolute Gasteiger partial charge is 0.254 e. The summed E-state index contributed by atoms with van der Waals surface area (Å²) in [6.45, 7) is 8.81. The number of benzene rings is 1. The maximum absolute atomic E-state index is 14.2. The van der Waals surface area contributed by atoms with Gasteiger partial charge >= 0.3 is 0 Å². The maximum atomic E-state index is 14.2. The van der Waals surface area contributed by atoms with Crippen LogP contribution in [0.2, 0.25) is 0 Å². The average Bonchev–Trinajstić information content (AvgIpc) is 3.55. The van der Waals surface area contributed by atoms with E-state index in [0.717, 1.165) is 55.2 Å². The first-order valence-electron chi connectivity index (χ1n) is 13.9. The van der Waals surface area contributed by atoms with Crippen molar-refractivity contribution in [1.82, 2.24) is 24.3 Å². The maximum Gasteiger partial charge on any atom is 0.254 e. The summed E-state index contributed by atoms with van der Waals surface area (Å²) in [6.07, 6.45) is 8.71. The lowest BCUT2D eigenvalue weighted by Gasteiger charge is -2.41. The number of nitrogens with zero attached hydrogens (tertiary/aromatic N) is 6. The Kier molecular flexibility index (Phi) is 6.51. The molecule has 1 aromatic carbocycles. The van der Waals surface area contributed by atoms with Crippen LogP contribution in [0, 0.1) is 11.3 Å². The number of pyridine rings is 1. The van der Waals surface area contributed by atoms with Gasteiger partial charge in [-0.05, 0) is 69.0 Å². The molecule has 1 aliphatic carbocycles. The van der Waals surface area contributed by atoms with Crippen molar-refractivity contribution in [2.45, 2.75) is 57.7 Å². The third-order valence-electron chi connectivity index (χ3n) is 8.47. The van der Waals surface area contributed by atoms with Gasteiger partial charge in [0.2, 0.25) is 5.95 Å². The van der Waals surface area contributed by atoms with Gasteiger partial charge in [-0.3, -0.25) is 14.7 Å². The van der Waals surface area contributed by atoms with Crippen molar-refractivity contribution in [3.63, 3.8) is 0 Å². The van der Waals surface area contributed by atoms with Crippen LogP contribution in [0.25, 0.3) is 0 Å². The predicted octanol–water partition coefficient (Wildman–Crippen LogP) is 4.09. The van der Waals surface area contributed by atoms with E-state index in [9.17, 15) is 10.1 Å². The molecule has 2 aliphatic heterocycles. The summed E-state index contributed by atoms with van der Waals surface area (Å²) in [5.74, 6) is 1.36. The molecule has 2 aromatic heterocycles. The Labute approximate surface area is 229 Å². The van der Waals surface area contributed by atoms with E-state index in [1.54, 1.807) is 12.4 Å². The van der Waals surface area contributed by atoms with E-state index in [4.69, 9.17) is 4.74 Å². The number of aromatic nitrogens is 3. The molecule has 3 aromatic rings. The Bertz CT molecular complexity index is 1450. The zero-order chi connectivity index (χ0) is 27.1. The summed E-state index contributed by atoms with van der Waals surface area (Å²) in [6, 6.07) is 8.15. The van der Waals surface area contributed by atoms with Gasteiger partial charge in [0.25, 0.3) is 5.91 Å². The summed E-state index contributed by atoms with van der Waals surface area (Å²) in [4.78, 5) is 27.7. The second kappa shape index (κ2) is 10.0. The normalized spacial score (nSPS) is 18.3. The minimum absolute atomic E-state index is 0.00326.